The highest BCUT2D eigenvalue weighted by atomic mass is 15.0. The molecule has 0 spiro atoms. The number of hydrogen-bond acceptors (Lipinski definition) is 3. The van der Waals surface area contributed by atoms with E-state index < -0.39 is 0 Å². The third kappa shape index (κ3) is 3.27. The van der Waals surface area contributed by atoms with Crippen molar-refractivity contribution in [1.82, 2.24) is 15.3 Å². The predicted molar refractivity (Wildman–Crippen MR) is 65.1 cm³/mol. The molecule has 0 bridgehead atoms. The molecule has 1 aliphatic carbocycles. The first kappa shape index (κ1) is 11.5. The lowest BCUT2D eigenvalue weighted by atomic mass is 10.1. The van der Waals surface area contributed by atoms with Gasteiger partial charge in [-0.25, -0.2) is 9.97 Å². The van der Waals surface area contributed by atoms with Gasteiger partial charge in [-0.3, -0.25) is 0 Å². The van der Waals surface area contributed by atoms with E-state index in [4.69, 9.17) is 0 Å². The third-order valence-corrected chi connectivity index (χ3v) is 3.17. The average molecular weight is 219 g/mol. The quantitative estimate of drug-likeness (QED) is 0.799. The monoisotopic (exact) mass is 219 g/mol. The van der Waals surface area contributed by atoms with Crippen LogP contribution in [-0.4, -0.2) is 16.5 Å². The Kier molecular flexibility index (Phi) is 3.88. The molecule has 1 saturated carbocycles. The van der Waals surface area contributed by atoms with Crippen molar-refractivity contribution in [2.24, 2.45) is 5.92 Å². The van der Waals surface area contributed by atoms with Gasteiger partial charge in [0.1, 0.15) is 5.82 Å². The van der Waals surface area contributed by atoms with E-state index in [2.05, 4.69) is 22.2 Å². The van der Waals surface area contributed by atoms with E-state index in [-0.39, 0.29) is 0 Å². The molecule has 16 heavy (non-hydrogen) atoms. The molecule has 1 aromatic rings. The molecule has 88 valence electrons. The van der Waals surface area contributed by atoms with Gasteiger partial charge >= 0.3 is 0 Å². The third-order valence-electron chi connectivity index (χ3n) is 3.17. The number of aryl methyl sites for hydroxylation is 1. The van der Waals surface area contributed by atoms with Gasteiger partial charge < -0.3 is 5.32 Å². The topological polar surface area (TPSA) is 37.8 Å². The Labute approximate surface area is 97.7 Å². The summed E-state index contributed by atoms with van der Waals surface area (Å²) in [5.41, 5.74) is 1.15. The maximum absolute atomic E-state index is 4.52. The summed E-state index contributed by atoms with van der Waals surface area (Å²) < 4.78 is 0. The summed E-state index contributed by atoms with van der Waals surface area (Å²) in [6, 6.07) is 2.44. The summed E-state index contributed by atoms with van der Waals surface area (Å²) in [4.78, 5) is 8.67. The zero-order valence-corrected chi connectivity index (χ0v) is 10.2. The molecule has 1 N–H and O–H groups in total. The lowest BCUT2D eigenvalue weighted by Gasteiger charge is -2.17. The SMILES string of the molecule is CCNC(CCC1CC1)c1ccnc(C)n1. The van der Waals surface area contributed by atoms with Crippen LogP contribution in [0.1, 0.15) is 50.2 Å². The zero-order chi connectivity index (χ0) is 11.4. The maximum Gasteiger partial charge on any atom is 0.125 e. The summed E-state index contributed by atoms with van der Waals surface area (Å²) in [7, 11) is 0. The molecule has 2 rings (SSSR count). The highest BCUT2D eigenvalue weighted by Crippen LogP contribution is 2.35. The van der Waals surface area contributed by atoms with Crippen LogP contribution in [0.4, 0.5) is 0 Å². The lowest BCUT2D eigenvalue weighted by Crippen LogP contribution is -2.22. The van der Waals surface area contributed by atoms with Gasteiger partial charge in [-0.05, 0) is 38.3 Å². The summed E-state index contributed by atoms with van der Waals surface area (Å²) >= 11 is 0. The Morgan fingerprint density at radius 3 is 2.94 bits per heavy atom. The van der Waals surface area contributed by atoms with Crippen molar-refractivity contribution < 1.29 is 0 Å². The van der Waals surface area contributed by atoms with Crippen molar-refractivity contribution in [2.75, 3.05) is 6.54 Å². The smallest absolute Gasteiger partial charge is 0.125 e. The molecule has 1 heterocycles. The van der Waals surface area contributed by atoms with E-state index >= 15 is 0 Å². The van der Waals surface area contributed by atoms with Crippen molar-refractivity contribution in [3.8, 4) is 0 Å². The maximum atomic E-state index is 4.52. The van der Waals surface area contributed by atoms with Gasteiger partial charge in [0.05, 0.1) is 5.69 Å². The largest absolute Gasteiger partial charge is 0.309 e. The molecule has 0 aliphatic heterocycles. The highest BCUT2D eigenvalue weighted by molar-refractivity contribution is 5.07. The molecular formula is C13H21N3. The first-order chi connectivity index (χ1) is 7.79. The van der Waals surface area contributed by atoms with Crippen molar-refractivity contribution in [1.29, 1.82) is 0 Å². The number of nitrogens with zero attached hydrogens (tertiary/aromatic N) is 2. The van der Waals surface area contributed by atoms with Crippen molar-refractivity contribution in [3.63, 3.8) is 0 Å². The van der Waals surface area contributed by atoms with Gasteiger partial charge in [-0.1, -0.05) is 19.8 Å². The van der Waals surface area contributed by atoms with E-state index in [0.717, 1.165) is 24.0 Å². The van der Waals surface area contributed by atoms with Crippen LogP contribution >= 0.6 is 0 Å². The average Bonchev–Trinajstić information content (AvgIpc) is 3.08. The van der Waals surface area contributed by atoms with Crippen molar-refractivity contribution in [3.05, 3.63) is 23.8 Å². The van der Waals surface area contributed by atoms with Gasteiger partial charge in [0.25, 0.3) is 0 Å². The van der Waals surface area contributed by atoms with Crippen molar-refractivity contribution >= 4 is 0 Å². The Balaban J connectivity index is 1.98. The second-order valence-corrected chi connectivity index (χ2v) is 4.66. The summed E-state index contributed by atoms with van der Waals surface area (Å²) in [6.07, 6.45) is 7.26. The lowest BCUT2D eigenvalue weighted by molar-refractivity contribution is 0.470. The summed E-state index contributed by atoms with van der Waals surface area (Å²) in [5.74, 6) is 1.86. The Hall–Kier alpha value is -0.960. The molecular weight excluding hydrogens is 198 g/mol. The molecule has 1 fully saturated rings. The second-order valence-electron chi connectivity index (χ2n) is 4.66. The minimum atomic E-state index is 0.410. The zero-order valence-electron chi connectivity index (χ0n) is 10.2. The Morgan fingerprint density at radius 2 is 2.31 bits per heavy atom. The van der Waals surface area contributed by atoms with Gasteiger partial charge in [0.15, 0.2) is 0 Å². The van der Waals surface area contributed by atoms with E-state index in [1.54, 1.807) is 0 Å². The normalized spacial score (nSPS) is 17.4. The minimum Gasteiger partial charge on any atom is -0.309 e. The summed E-state index contributed by atoms with van der Waals surface area (Å²) in [5, 5.41) is 3.52. The fourth-order valence-electron chi connectivity index (χ4n) is 2.08. The molecule has 3 heteroatoms. The number of nitrogens with one attached hydrogen (secondary N) is 1. The van der Waals surface area contributed by atoms with E-state index in [1.807, 2.05) is 19.2 Å². The molecule has 1 atom stereocenters. The van der Waals surface area contributed by atoms with E-state index in [1.165, 1.54) is 25.7 Å². The Morgan fingerprint density at radius 1 is 1.50 bits per heavy atom. The molecule has 0 aromatic carbocycles. The van der Waals surface area contributed by atoms with Gasteiger partial charge in [0, 0.05) is 12.2 Å². The molecule has 0 amide bonds. The minimum absolute atomic E-state index is 0.410. The molecule has 3 nitrogen and oxygen atoms in total. The van der Waals surface area contributed by atoms with E-state index in [9.17, 15) is 0 Å². The number of aromatic nitrogens is 2. The van der Waals surface area contributed by atoms with Crippen LogP contribution in [-0.2, 0) is 0 Å². The molecule has 0 radical (unpaired) electrons. The predicted octanol–water partition coefficient (Wildman–Crippen LogP) is 2.63. The molecule has 1 unspecified atom stereocenters. The Bertz CT molecular complexity index is 334. The van der Waals surface area contributed by atoms with Crippen LogP contribution in [0, 0.1) is 12.8 Å². The number of rotatable bonds is 6. The van der Waals surface area contributed by atoms with Crippen molar-refractivity contribution in [2.45, 2.75) is 45.6 Å². The molecule has 0 saturated heterocycles. The summed E-state index contributed by atoms with van der Waals surface area (Å²) in [6.45, 7) is 5.10. The van der Waals surface area contributed by atoms with Crippen LogP contribution in [0.3, 0.4) is 0 Å². The highest BCUT2D eigenvalue weighted by Gasteiger charge is 2.23. The van der Waals surface area contributed by atoms with Crippen LogP contribution in [0.25, 0.3) is 0 Å². The van der Waals surface area contributed by atoms with Crippen LogP contribution in [0.5, 0.6) is 0 Å². The first-order valence-electron chi connectivity index (χ1n) is 6.32. The molecule has 1 aromatic heterocycles. The second kappa shape index (κ2) is 5.39. The van der Waals surface area contributed by atoms with Gasteiger partial charge in [0.2, 0.25) is 0 Å². The molecule has 1 aliphatic rings. The van der Waals surface area contributed by atoms with Crippen LogP contribution in [0.2, 0.25) is 0 Å². The fourth-order valence-corrected chi connectivity index (χ4v) is 2.08. The van der Waals surface area contributed by atoms with E-state index in [0.29, 0.717) is 6.04 Å². The van der Waals surface area contributed by atoms with Crippen LogP contribution < -0.4 is 5.32 Å². The standard InChI is InChI=1S/C13H21N3/c1-3-14-12(7-6-11-4-5-11)13-8-9-15-10(2)16-13/h8-9,11-12,14H,3-7H2,1-2H3. The van der Waals surface area contributed by atoms with Gasteiger partial charge in [-0.2, -0.15) is 0 Å². The van der Waals surface area contributed by atoms with Gasteiger partial charge in [-0.15, -0.1) is 0 Å². The first-order valence-corrected chi connectivity index (χ1v) is 6.32. The fraction of sp³-hybridized carbons (Fsp3) is 0.692. The number of hydrogen-bond donors (Lipinski definition) is 1. The van der Waals surface area contributed by atoms with Crippen LogP contribution in [0.15, 0.2) is 12.3 Å².